The van der Waals surface area contributed by atoms with E-state index in [1.165, 1.54) is 32.1 Å². The van der Waals surface area contributed by atoms with E-state index in [9.17, 15) is 0 Å². The molecule has 0 aromatic rings. The largest absolute Gasteiger partial charge is 0.396 e. The van der Waals surface area contributed by atoms with Gasteiger partial charge in [0.05, 0.1) is 6.61 Å². The van der Waals surface area contributed by atoms with Crippen molar-refractivity contribution in [3.05, 3.63) is 0 Å². The van der Waals surface area contributed by atoms with Gasteiger partial charge in [0, 0.05) is 25.7 Å². The van der Waals surface area contributed by atoms with Crippen molar-refractivity contribution in [1.29, 1.82) is 0 Å². The van der Waals surface area contributed by atoms with Crippen LogP contribution >= 0.6 is 0 Å². The fourth-order valence-electron chi connectivity index (χ4n) is 2.33. The van der Waals surface area contributed by atoms with E-state index in [1.54, 1.807) is 0 Å². The first kappa shape index (κ1) is 12.0. The predicted molar refractivity (Wildman–Crippen MR) is 57.2 cm³/mol. The Kier molecular flexibility index (Phi) is 6.15. The molecule has 0 radical (unpaired) electrons. The Morgan fingerprint density at radius 1 is 0.929 bits per heavy atom. The number of aliphatic hydroxyl groups excluding tert-OH is 2. The van der Waals surface area contributed by atoms with E-state index >= 15 is 0 Å². The molecule has 1 fully saturated rings. The van der Waals surface area contributed by atoms with E-state index < -0.39 is 0 Å². The maximum absolute atomic E-state index is 8.96. The maximum Gasteiger partial charge on any atom is 0.0558 e. The lowest BCUT2D eigenvalue weighted by Gasteiger charge is -2.33. The molecule has 0 heterocycles. The lowest BCUT2D eigenvalue weighted by Crippen LogP contribution is -2.39. The molecular formula is C11H23NO2. The van der Waals surface area contributed by atoms with Crippen LogP contribution in [-0.2, 0) is 0 Å². The van der Waals surface area contributed by atoms with Gasteiger partial charge in [-0.05, 0) is 19.3 Å². The van der Waals surface area contributed by atoms with Gasteiger partial charge in [0.25, 0.3) is 0 Å². The predicted octanol–water partition coefficient (Wildman–Crippen LogP) is 0.996. The second-order valence-corrected chi connectivity index (χ2v) is 4.13. The first-order valence-electron chi connectivity index (χ1n) is 5.84. The van der Waals surface area contributed by atoms with Crippen molar-refractivity contribution in [2.75, 3.05) is 26.3 Å². The zero-order valence-electron chi connectivity index (χ0n) is 8.99. The number of hydrogen-bond acceptors (Lipinski definition) is 3. The monoisotopic (exact) mass is 201 g/mol. The van der Waals surface area contributed by atoms with Crippen LogP contribution in [0.3, 0.4) is 0 Å². The molecule has 0 atom stereocenters. The van der Waals surface area contributed by atoms with Crippen LogP contribution in [-0.4, -0.2) is 47.5 Å². The second-order valence-electron chi connectivity index (χ2n) is 4.13. The minimum absolute atomic E-state index is 0.238. The summed E-state index contributed by atoms with van der Waals surface area (Å²) < 4.78 is 0. The fourth-order valence-corrected chi connectivity index (χ4v) is 2.33. The zero-order chi connectivity index (χ0) is 10.2. The molecule has 14 heavy (non-hydrogen) atoms. The Bertz CT molecular complexity index is 135. The Morgan fingerprint density at radius 3 is 2.21 bits per heavy atom. The summed E-state index contributed by atoms with van der Waals surface area (Å²) in [5.74, 6) is 0. The van der Waals surface area contributed by atoms with Gasteiger partial charge in [-0.3, -0.25) is 4.90 Å². The Hall–Kier alpha value is -0.120. The van der Waals surface area contributed by atoms with Crippen molar-refractivity contribution in [3.63, 3.8) is 0 Å². The van der Waals surface area contributed by atoms with E-state index in [4.69, 9.17) is 10.2 Å². The minimum Gasteiger partial charge on any atom is -0.396 e. The van der Waals surface area contributed by atoms with E-state index in [0.29, 0.717) is 6.04 Å². The van der Waals surface area contributed by atoms with Gasteiger partial charge < -0.3 is 10.2 Å². The molecule has 3 heteroatoms. The third kappa shape index (κ3) is 3.95. The summed E-state index contributed by atoms with van der Waals surface area (Å²) in [4.78, 5) is 2.34. The fraction of sp³-hybridized carbons (Fsp3) is 1.00. The van der Waals surface area contributed by atoms with Gasteiger partial charge in [-0.25, -0.2) is 0 Å². The van der Waals surface area contributed by atoms with Gasteiger partial charge in [-0.15, -0.1) is 0 Å². The van der Waals surface area contributed by atoms with Gasteiger partial charge in [0.15, 0.2) is 0 Å². The summed E-state index contributed by atoms with van der Waals surface area (Å²) in [6.07, 6.45) is 7.38. The third-order valence-corrected chi connectivity index (χ3v) is 3.08. The lowest BCUT2D eigenvalue weighted by atomic mass is 9.94. The van der Waals surface area contributed by atoms with Gasteiger partial charge in [0.1, 0.15) is 0 Å². The molecule has 0 unspecified atom stereocenters. The molecule has 1 aliphatic rings. The van der Waals surface area contributed by atoms with Gasteiger partial charge in [-0.2, -0.15) is 0 Å². The summed E-state index contributed by atoms with van der Waals surface area (Å²) in [6.45, 7) is 2.20. The molecule has 0 spiro atoms. The van der Waals surface area contributed by atoms with Crippen LogP contribution < -0.4 is 0 Å². The molecule has 1 rings (SSSR count). The summed E-state index contributed by atoms with van der Waals surface area (Å²) in [6, 6.07) is 0.655. The average Bonchev–Trinajstić information content (AvgIpc) is 2.25. The molecular weight excluding hydrogens is 178 g/mol. The molecule has 84 valence electrons. The van der Waals surface area contributed by atoms with Crippen molar-refractivity contribution in [2.45, 2.75) is 44.6 Å². The minimum atomic E-state index is 0.238. The normalized spacial score (nSPS) is 19.1. The van der Waals surface area contributed by atoms with Gasteiger partial charge >= 0.3 is 0 Å². The highest BCUT2D eigenvalue weighted by atomic mass is 16.3. The molecule has 0 bridgehead atoms. The summed E-state index contributed by atoms with van der Waals surface area (Å²) >= 11 is 0. The van der Waals surface area contributed by atoms with E-state index in [0.717, 1.165) is 19.5 Å². The smallest absolute Gasteiger partial charge is 0.0558 e. The average molecular weight is 201 g/mol. The van der Waals surface area contributed by atoms with E-state index in [-0.39, 0.29) is 13.2 Å². The first-order chi connectivity index (χ1) is 6.88. The standard InChI is InChI=1S/C11H23NO2/c13-9-4-7-12(8-10-14)11-5-2-1-3-6-11/h11,13-14H,1-10H2. The number of nitrogens with zero attached hydrogens (tertiary/aromatic N) is 1. The summed E-state index contributed by atoms with van der Waals surface area (Å²) in [5.41, 5.74) is 0. The number of rotatable bonds is 6. The van der Waals surface area contributed by atoms with Crippen molar-refractivity contribution in [2.24, 2.45) is 0 Å². The molecule has 1 saturated carbocycles. The molecule has 0 aromatic carbocycles. The highest BCUT2D eigenvalue weighted by Crippen LogP contribution is 2.22. The van der Waals surface area contributed by atoms with Gasteiger partial charge in [0.2, 0.25) is 0 Å². The topological polar surface area (TPSA) is 43.7 Å². The van der Waals surface area contributed by atoms with Crippen LogP contribution in [0.25, 0.3) is 0 Å². The highest BCUT2D eigenvalue weighted by Gasteiger charge is 2.19. The summed E-state index contributed by atoms with van der Waals surface area (Å²) in [7, 11) is 0. The quantitative estimate of drug-likeness (QED) is 0.673. The molecule has 3 nitrogen and oxygen atoms in total. The van der Waals surface area contributed by atoms with Crippen molar-refractivity contribution in [3.8, 4) is 0 Å². The Morgan fingerprint density at radius 2 is 1.64 bits per heavy atom. The van der Waals surface area contributed by atoms with Crippen LogP contribution in [0.15, 0.2) is 0 Å². The maximum atomic E-state index is 8.96. The van der Waals surface area contributed by atoms with Crippen molar-refractivity contribution >= 4 is 0 Å². The van der Waals surface area contributed by atoms with Gasteiger partial charge in [-0.1, -0.05) is 19.3 Å². The van der Waals surface area contributed by atoms with Crippen LogP contribution in [0.2, 0.25) is 0 Å². The SMILES string of the molecule is OCCCN(CCO)C1CCCCC1. The molecule has 0 aromatic heterocycles. The first-order valence-corrected chi connectivity index (χ1v) is 5.84. The lowest BCUT2D eigenvalue weighted by molar-refractivity contribution is 0.115. The molecule has 0 amide bonds. The molecule has 2 N–H and O–H groups in total. The number of aliphatic hydroxyl groups is 2. The molecule has 0 aliphatic heterocycles. The van der Waals surface area contributed by atoms with Crippen molar-refractivity contribution in [1.82, 2.24) is 4.90 Å². The Labute approximate surface area is 86.7 Å². The van der Waals surface area contributed by atoms with E-state index in [2.05, 4.69) is 4.90 Å². The molecule has 1 aliphatic carbocycles. The van der Waals surface area contributed by atoms with Crippen LogP contribution in [0.4, 0.5) is 0 Å². The van der Waals surface area contributed by atoms with Crippen LogP contribution in [0.5, 0.6) is 0 Å². The van der Waals surface area contributed by atoms with Crippen LogP contribution in [0, 0.1) is 0 Å². The van der Waals surface area contributed by atoms with Crippen molar-refractivity contribution < 1.29 is 10.2 Å². The third-order valence-electron chi connectivity index (χ3n) is 3.08. The van der Waals surface area contributed by atoms with Crippen LogP contribution in [0.1, 0.15) is 38.5 Å². The zero-order valence-corrected chi connectivity index (χ0v) is 8.99. The van der Waals surface area contributed by atoms with E-state index in [1.807, 2.05) is 0 Å². The Balaban J connectivity index is 2.30. The highest BCUT2D eigenvalue weighted by molar-refractivity contribution is 4.75. The summed E-state index contributed by atoms with van der Waals surface area (Å²) in [5, 5.41) is 17.8. The second kappa shape index (κ2) is 7.21. The number of hydrogen-bond donors (Lipinski definition) is 2. The molecule has 0 saturated heterocycles.